The molecule has 0 radical (unpaired) electrons. The van der Waals surface area contributed by atoms with Crippen molar-refractivity contribution in [1.29, 1.82) is 0 Å². The van der Waals surface area contributed by atoms with Crippen LogP contribution in [0.5, 0.6) is 0 Å². The summed E-state index contributed by atoms with van der Waals surface area (Å²) in [6.07, 6.45) is 0. The molecule has 0 heterocycles. The fraction of sp³-hybridized carbons (Fsp3) is 0. The minimum absolute atomic E-state index is 0.0266. The van der Waals surface area contributed by atoms with E-state index in [4.69, 9.17) is 10.0 Å². The molecule has 0 aromatic heterocycles. The minimum atomic E-state index is -1.51. The van der Waals surface area contributed by atoms with Crippen molar-refractivity contribution in [3.63, 3.8) is 0 Å². The second-order valence-corrected chi connectivity index (χ2v) is 3.80. The molecule has 6 heteroatoms. The molecule has 0 spiro atoms. The first-order valence-electron chi connectivity index (χ1n) is 5.29. The predicted octanol–water partition coefficient (Wildman–Crippen LogP) is 0.942. The first-order valence-corrected chi connectivity index (χ1v) is 5.29. The third kappa shape index (κ3) is 2.56. The largest absolute Gasteiger partial charge is 0.488 e. The molecular formula is C12H10BNO4. The summed E-state index contributed by atoms with van der Waals surface area (Å²) in [5, 5.41) is 28.6. The van der Waals surface area contributed by atoms with Crippen molar-refractivity contribution in [3.8, 4) is 11.1 Å². The monoisotopic (exact) mass is 243 g/mol. The smallest absolute Gasteiger partial charge is 0.423 e. The van der Waals surface area contributed by atoms with Crippen molar-refractivity contribution in [2.75, 3.05) is 0 Å². The molecule has 90 valence electrons. The van der Waals surface area contributed by atoms with Gasteiger partial charge in [-0.1, -0.05) is 36.4 Å². The van der Waals surface area contributed by atoms with Gasteiger partial charge in [-0.25, -0.2) is 0 Å². The van der Waals surface area contributed by atoms with Gasteiger partial charge >= 0.3 is 7.12 Å². The Morgan fingerprint density at radius 3 is 2.22 bits per heavy atom. The van der Waals surface area contributed by atoms with Gasteiger partial charge in [-0.05, 0) is 16.6 Å². The Labute approximate surface area is 104 Å². The van der Waals surface area contributed by atoms with E-state index in [0.717, 1.165) is 5.56 Å². The summed E-state index contributed by atoms with van der Waals surface area (Å²) in [6.45, 7) is 0. The molecule has 0 aliphatic rings. The number of non-ortho nitro benzene ring substituents is 1. The summed E-state index contributed by atoms with van der Waals surface area (Å²) >= 11 is 0. The molecule has 0 atom stereocenters. The molecule has 18 heavy (non-hydrogen) atoms. The Kier molecular flexibility index (Phi) is 3.41. The van der Waals surface area contributed by atoms with Crippen molar-refractivity contribution >= 4 is 18.3 Å². The average molecular weight is 243 g/mol. The fourth-order valence-electron chi connectivity index (χ4n) is 1.65. The number of nitro benzene ring substituents is 1. The van der Waals surface area contributed by atoms with E-state index in [0.29, 0.717) is 11.0 Å². The SMILES string of the molecule is O=[N+]([O-])c1cccc(-c2ccc(B(O)O)cc2)c1. The lowest BCUT2D eigenvalue weighted by Gasteiger charge is -2.03. The van der Waals surface area contributed by atoms with Crippen LogP contribution < -0.4 is 5.46 Å². The van der Waals surface area contributed by atoms with Crippen molar-refractivity contribution in [2.24, 2.45) is 0 Å². The van der Waals surface area contributed by atoms with Gasteiger partial charge in [0.2, 0.25) is 0 Å². The molecule has 2 aromatic rings. The van der Waals surface area contributed by atoms with E-state index in [1.165, 1.54) is 12.1 Å². The summed E-state index contributed by atoms with van der Waals surface area (Å²) in [4.78, 5) is 10.2. The Bertz CT molecular complexity index is 569. The van der Waals surface area contributed by atoms with Gasteiger partial charge in [0.15, 0.2) is 0 Å². The molecule has 0 saturated carbocycles. The quantitative estimate of drug-likeness (QED) is 0.477. The topological polar surface area (TPSA) is 83.6 Å². The Hall–Kier alpha value is -2.18. The van der Waals surface area contributed by atoms with Crippen LogP contribution in [0.2, 0.25) is 0 Å². The molecule has 0 fully saturated rings. The first-order chi connectivity index (χ1) is 8.58. The molecule has 0 bridgehead atoms. The Balaban J connectivity index is 2.36. The molecule has 2 aromatic carbocycles. The average Bonchev–Trinajstić information content (AvgIpc) is 2.39. The Morgan fingerprint density at radius 2 is 1.67 bits per heavy atom. The normalized spacial score (nSPS) is 10.1. The van der Waals surface area contributed by atoms with Crippen molar-refractivity contribution in [1.82, 2.24) is 0 Å². The van der Waals surface area contributed by atoms with Crippen LogP contribution in [-0.2, 0) is 0 Å². The highest BCUT2D eigenvalue weighted by atomic mass is 16.6. The van der Waals surface area contributed by atoms with Crippen LogP contribution in [0.3, 0.4) is 0 Å². The Morgan fingerprint density at radius 1 is 1.00 bits per heavy atom. The van der Waals surface area contributed by atoms with Gasteiger partial charge in [-0.15, -0.1) is 0 Å². The van der Waals surface area contributed by atoms with Crippen LogP contribution in [0.4, 0.5) is 5.69 Å². The third-order valence-electron chi connectivity index (χ3n) is 2.60. The summed E-state index contributed by atoms with van der Waals surface area (Å²) < 4.78 is 0. The zero-order valence-electron chi connectivity index (χ0n) is 9.35. The van der Waals surface area contributed by atoms with Gasteiger partial charge in [0.05, 0.1) is 4.92 Å². The summed E-state index contributed by atoms with van der Waals surface area (Å²) in [5.74, 6) is 0. The summed E-state index contributed by atoms with van der Waals surface area (Å²) in [6, 6.07) is 12.8. The van der Waals surface area contributed by atoms with E-state index in [9.17, 15) is 10.1 Å². The molecule has 2 rings (SSSR count). The van der Waals surface area contributed by atoms with Crippen molar-refractivity contribution in [2.45, 2.75) is 0 Å². The van der Waals surface area contributed by atoms with Crippen molar-refractivity contribution in [3.05, 3.63) is 58.6 Å². The van der Waals surface area contributed by atoms with E-state index in [-0.39, 0.29) is 5.69 Å². The maximum absolute atomic E-state index is 10.7. The second kappa shape index (κ2) is 4.99. The van der Waals surface area contributed by atoms with Crippen LogP contribution in [0.1, 0.15) is 0 Å². The van der Waals surface area contributed by atoms with E-state index in [1.54, 1.807) is 36.4 Å². The first kappa shape index (κ1) is 12.3. The van der Waals surface area contributed by atoms with Crippen LogP contribution in [-0.4, -0.2) is 22.1 Å². The third-order valence-corrected chi connectivity index (χ3v) is 2.60. The number of hydrogen-bond donors (Lipinski definition) is 2. The standard InChI is InChI=1S/C12H10BNO4/c15-13(16)11-6-4-9(5-7-11)10-2-1-3-12(8-10)14(17)18/h1-8,15-16H. The highest BCUT2D eigenvalue weighted by Gasteiger charge is 2.11. The van der Waals surface area contributed by atoms with Crippen LogP contribution in [0.25, 0.3) is 11.1 Å². The minimum Gasteiger partial charge on any atom is -0.423 e. The predicted molar refractivity (Wildman–Crippen MR) is 68.4 cm³/mol. The highest BCUT2D eigenvalue weighted by molar-refractivity contribution is 6.58. The molecule has 2 N–H and O–H groups in total. The van der Waals surface area contributed by atoms with E-state index >= 15 is 0 Å². The van der Waals surface area contributed by atoms with Gasteiger partial charge in [-0.2, -0.15) is 0 Å². The lowest BCUT2D eigenvalue weighted by molar-refractivity contribution is -0.384. The zero-order valence-corrected chi connectivity index (χ0v) is 9.35. The maximum atomic E-state index is 10.7. The highest BCUT2D eigenvalue weighted by Crippen LogP contribution is 2.22. The molecule has 0 saturated heterocycles. The molecule has 0 aliphatic carbocycles. The number of nitrogens with zero attached hydrogens (tertiary/aromatic N) is 1. The molecule has 0 unspecified atom stereocenters. The van der Waals surface area contributed by atoms with Gasteiger partial charge in [-0.3, -0.25) is 10.1 Å². The van der Waals surface area contributed by atoms with E-state index in [2.05, 4.69) is 0 Å². The van der Waals surface area contributed by atoms with Crippen molar-refractivity contribution < 1.29 is 15.0 Å². The number of benzene rings is 2. The maximum Gasteiger partial charge on any atom is 0.488 e. The number of rotatable bonds is 3. The summed E-state index contributed by atoms with van der Waals surface area (Å²) in [5.41, 5.74) is 1.90. The van der Waals surface area contributed by atoms with Crippen LogP contribution >= 0.6 is 0 Å². The van der Waals surface area contributed by atoms with E-state index < -0.39 is 12.0 Å². The number of nitro groups is 1. The van der Waals surface area contributed by atoms with Gasteiger partial charge in [0.1, 0.15) is 0 Å². The zero-order chi connectivity index (χ0) is 13.1. The molecular weight excluding hydrogens is 233 g/mol. The van der Waals surface area contributed by atoms with E-state index in [1.807, 2.05) is 0 Å². The molecule has 5 nitrogen and oxygen atoms in total. The van der Waals surface area contributed by atoms with Crippen LogP contribution in [0.15, 0.2) is 48.5 Å². The summed E-state index contributed by atoms with van der Waals surface area (Å²) in [7, 11) is -1.51. The fourth-order valence-corrected chi connectivity index (χ4v) is 1.65. The van der Waals surface area contributed by atoms with Gasteiger partial charge < -0.3 is 10.0 Å². The second-order valence-electron chi connectivity index (χ2n) is 3.80. The number of hydrogen-bond acceptors (Lipinski definition) is 4. The van der Waals surface area contributed by atoms with Gasteiger partial charge in [0.25, 0.3) is 5.69 Å². The molecule has 0 amide bonds. The molecule has 0 aliphatic heterocycles. The lowest BCUT2D eigenvalue weighted by Crippen LogP contribution is -2.29. The van der Waals surface area contributed by atoms with Crippen LogP contribution in [0, 0.1) is 10.1 Å². The lowest BCUT2D eigenvalue weighted by atomic mass is 9.80. The van der Waals surface area contributed by atoms with Gasteiger partial charge in [0, 0.05) is 12.1 Å².